The minimum Gasteiger partial charge on any atom is -0.465 e. The zero-order valence-corrected chi connectivity index (χ0v) is 14.1. The summed E-state index contributed by atoms with van der Waals surface area (Å²) in [6.07, 6.45) is 0. The van der Waals surface area contributed by atoms with Crippen molar-refractivity contribution in [2.45, 2.75) is 19.9 Å². The van der Waals surface area contributed by atoms with Crippen molar-refractivity contribution < 1.29 is 14.3 Å². The van der Waals surface area contributed by atoms with Crippen LogP contribution in [0.25, 0.3) is 0 Å². The van der Waals surface area contributed by atoms with Gasteiger partial charge in [0.1, 0.15) is 5.82 Å². The molecule has 6 nitrogen and oxygen atoms in total. The minimum atomic E-state index is -0.331. The first kappa shape index (κ1) is 16.2. The number of esters is 1. The molecule has 1 aromatic rings. The number of methoxy groups -OCH3 is 1. The van der Waals surface area contributed by atoms with Crippen LogP contribution in [-0.2, 0) is 9.47 Å². The van der Waals surface area contributed by atoms with Gasteiger partial charge in [-0.3, -0.25) is 4.90 Å². The number of hydrogen-bond donors (Lipinski definition) is 0. The fourth-order valence-electron chi connectivity index (χ4n) is 3.57. The van der Waals surface area contributed by atoms with Crippen LogP contribution < -0.4 is 4.90 Å². The second kappa shape index (κ2) is 6.84. The second-order valence-corrected chi connectivity index (χ2v) is 6.39. The van der Waals surface area contributed by atoms with Crippen LogP contribution in [0.2, 0.25) is 0 Å². The third-order valence-electron chi connectivity index (χ3n) is 4.89. The van der Waals surface area contributed by atoms with Gasteiger partial charge in [0, 0.05) is 32.2 Å². The Morgan fingerprint density at radius 3 is 2.70 bits per heavy atom. The summed E-state index contributed by atoms with van der Waals surface area (Å²) >= 11 is 0. The summed E-state index contributed by atoms with van der Waals surface area (Å²) in [6, 6.07) is 4.28. The van der Waals surface area contributed by atoms with Crippen LogP contribution in [0.3, 0.4) is 0 Å². The number of morpholine rings is 1. The predicted octanol–water partition coefficient (Wildman–Crippen LogP) is 1.33. The highest BCUT2D eigenvalue weighted by molar-refractivity contribution is 5.90. The molecular formula is C17H25N3O3. The number of ether oxygens (including phenoxy) is 2. The molecule has 2 aliphatic heterocycles. The second-order valence-electron chi connectivity index (χ2n) is 6.39. The van der Waals surface area contributed by atoms with Crippen molar-refractivity contribution in [1.29, 1.82) is 0 Å². The molecular weight excluding hydrogens is 294 g/mol. The molecule has 0 saturated carbocycles. The molecule has 0 N–H and O–H groups in total. The standard InChI is InChI=1S/C17H25N3O3/c1-12-10-20(11-15(12)19-6-8-23-9-7-19)16-5-4-14(13(2)18-16)17(21)22-3/h4-5,12,15H,6-11H2,1-3H3. The SMILES string of the molecule is COC(=O)c1ccc(N2CC(C)C(N3CCOCC3)C2)nc1C. The van der Waals surface area contributed by atoms with Gasteiger partial charge < -0.3 is 14.4 Å². The Balaban J connectivity index is 1.72. The lowest BCUT2D eigenvalue weighted by atomic mass is 10.0. The number of carbonyl (C=O) groups is 1. The van der Waals surface area contributed by atoms with E-state index in [4.69, 9.17) is 9.47 Å². The van der Waals surface area contributed by atoms with Gasteiger partial charge in [-0.15, -0.1) is 0 Å². The van der Waals surface area contributed by atoms with E-state index in [1.807, 2.05) is 19.1 Å². The van der Waals surface area contributed by atoms with Crippen LogP contribution in [0, 0.1) is 12.8 Å². The van der Waals surface area contributed by atoms with Crippen molar-refractivity contribution in [3.05, 3.63) is 23.4 Å². The fourth-order valence-corrected chi connectivity index (χ4v) is 3.57. The first-order valence-electron chi connectivity index (χ1n) is 8.23. The predicted molar refractivity (Wildman–Crippen MR) is 87.9 cm³/mol. The van der Waals surface area contributed by atoms with Crippen molar-refractivity contribution in [3.63, 3.8) is 0 Å². The number of aromatic nitrogens is 1. The van der Waals surface area contributed by atoms with E-state index in [1.54, 1.807) is 0 Å². The molecule has 3 rings (SSSR count). The molecule has 3 heterocycles. The molecule has 0 spiro atoms. The lowest BCUT2D eigenvalue weighted by Crippen LogP contribution is -2.46. The van der Waals surface area contributed by atoms with E-state index in [0.29, 0.717) is 17.5 Å². The Labute approximate surface area is 137 Å². The van der Waals surface area contributed by atoms with Gasteiger partial charge in [0.25, 0.3) is 0 Å². The largest absolute Gasteiger partial charge is 0.465 e. The molecule has 0 bridgehead atoms. The summed E-state index contributed by atoms with van der Waals surface area (Å²) in [7, 11) is 1.39. The molecule has 2 unspecified atom stereocenters. The van der Waals surface area contributed by atoms with Crippen molar-refractivity contribution in [3.8, 4) is 0 Å². The first-order chi connectivity index (χ1) is 11.1. The number of carbonyl (C=O) groups excluding carboxylic acids is 1. The molecule has 0 radical (unpaired) electrons. The normalized spacial score (nSPS) is 25.6. The van der Waals surface area contributed by atoms with Crippen molar-refractivity contribution in [2.75, 3.05) is 51.4 Å². The lowest BCUT2D eigenvalue weighted by Gasteiger charge is -2.34. The van der Waals surface area contributed by atoms with Crippen LogP contribution >= 0.6 is 0 Å². The monoisotopic (exact) mass is 319 g/mol. The van der Waals surface area contributed by atoms with E-state index >= 15 is 0 Å². The number of nitrogens with zero attached hydrogens (tertiary/aromatic N) is 3. The number of aryl methyl sites for hydroxylation is 1. The maximum Gasteiger partial charge on any atom is 0.339 e. The summed E-state index contributed by atoms with van der Waals surface area (Å²) in [5.74, 6) is 1.20. The Bertz CT molecular complexity index is 572. The van der Waals surface area contributed by atoms with Gasteiger partial charge >= 0.3 is 5.97 Å². The van der Waals surface area contributed by atoms with Crippen LogP contribution in [0.1, 0.15) is 23.0 Å². The molecule has 6 heteroatoms. The van der Waals surface area contributed by atoms with Crippen molar-refractivity contribution >= 4 is 11.8 Å². The molecule has 2 atom stereocenters. The average molecular weight is 319 g/mol. The topological polar surface area (TPSA) is 54.9 Å². The van der Waals surface area contributed by atoms with Gasteiger partial charge in [-0.1, -0.05) is 6.92 Å². The van der Waals surface area contributed by atoms with Gasteiger partial charge in [-0.25, -0.2) is 9.78 Å². The average Bonchev–Trinajstić information content (AvgIpc) is 2.96. The minimum absolute atomic E-state index is 0.331. The van der Waals surface area contributed by atoms with Crippen molar-refractivity contribution in [1.82, 2.24) is 9.88 Å². The quantitative estimate of drug-likeness (QED) is 0.784. The highest BCUT2D eigenvalue weighted by Crippen LogP contribution is 2.27. The first-order valence-corrected chi connectivity index (χ1v) is 8.23. The third kappa shape index (κ3) is 3.33. The zero-order chi connectivity index (χ0) is 16.4. The van der Waals surface area contributed by atoms with Crippen LogP contribution in [-0.4, -0.2) is 68.4 Å². The van der Waals surface area contributed by atoms with Crippen LogP contribution in [0.4, 0.5) is 5.82 Å². The van der Waals surface area contributed by atoms with E-state index in [-0.39, 0.29) is 5.97 Å². The third-order valence-corrected chi connectivity index (χ3v) is 4.89. The van der Waals surface area contributed by atoms with E-state index in [2.05, 4.69) is 21.7 Å². The molecule has 0 aromatic carbocycles. The number of hydrogen-bond acceptors (Lipinski definition) is 6. The highest BCUT2D eigenvalue weighted by Gasteiger charge is 2.35. The molecule has 23 heavy (non-hydrogen) atoms. The fraction of sp³-hybridized carbons (Fsp3) is 0.647. The van der Waals surface area contributed by atoms with E-state index < -0.39 is 0 Å². The number of rotatable bonds is 3. The van der Waals surface area contributed by atoms with Gasteiger partial charge in [0.15, 0.2) is 0 Å². The summed E-state index contributed by atoms with van der Waals surface area (Å²) in [5.41, 5.74) is 1.25. The van der Waals surface area contributed by atoms with Gasteiger partial charge in [0.2, 0.25) is 0 Å². The molecule has 2 aliphatic rings. The molecule has 2 fully saturated rings. The Morgan fingerprint density at radius 1 is 1.30 bits per heavy atom. The summed E-state index contributed by atoms with van der Waals surface area (Å²) in [5, 5.41) is 0. The van der Waals surface area contributed by atoms with Crippen LogP contribution in [0.5, 0.6) is 0 Å². The van der Waals surface area contributed by atoms with Crippen molar-refractivity contribution in [2.24, 2.45) is 5.92 Å². The number of pyridine rings is 1. The highest BCUT2D eigenvalue weighted by atomic mass is 16.5. The number of anilines is 1. The van der Waals surface area contributed by atoms with E-state index in [0.717, 1.165) is 50.9 Å². The summed E-state index contributed by atoms with van der Waals surface area (Å²) in [6.45, 7) is 9.80. The molecule has 1 aromatic heterocycles. The van der Waals surface area contributed by atoms with Gasteiger partial charge in [-0.05, 0) is 25.0 Å². The molecule has 2 saturated heterocycles. The lowest BCUT2D eigenvalue weighted by molar-refractivity contribution is 0.0134. The Kier molecular flexibility index (Phi) is 4.82. The van der Waals surface area contributed by atoms with E-state index in [1.165, 1.54) is 7.11 Å². The van der Waals surface area contributed by atoms with Crippen LogP contribution in [0.15, 0.2) is 12.1 Å². The Morgan fingerprint density at radius 2 is 2.04 bits per heavy atom. The smallest absolute Gasteiger partial charge is 0.339 e. The van der Waals surface area contributed by atoms with E-state index in [9.17, 15) is 4.79 Å². The maximum absolute atomic E-state index is 11.7. The molecule has 126 valence electrons. The summed E-state index contributed by atoms with van der Waals surface area (Å²) in [4.78, 5) is 21.2. The van der Waals surface area contributed by atoms with Gasteiger partial charge in [0.05, 0.1) is 31.6 Å². The molecule has 0 aliphatic carbocycles. The molecule has 0 amide bonds. The Hall–Kier alpha value is -1.66. The zero-order valence-electron chi connectivity index (χ0n) is 14.1. The van der Waals surface area contributed by atoms with Gasteiger partial charge in [-0.2, -0.15) is 0 Å². The summed E-state index contributed by atoms with van der Waals surface area (Å²) < 4.78 is 10.2. The maximum atomic E-state index is 11.7.